The molecule has 0 unspecified atom stereocenters. The van der Waals surface area contributed by atoms with Crippen LogP contribution < -0.4 is 0 Å². The van der Waals surface area contributed by atoms with Gasteiger partial charge in [-0.2, -0.15) is 5.26 Å². The van der Waals surface area contributed by atoms with E-state index in [0.717, 1.165) is 0 Å². The Morgan fingerprint density at radius 2 is 2.54 bits per heavy atom. The van der Waals surface area contributed by atoms with Crippen LogP contribution in [0.4, 0.5) is 0 Å². The van der Waals surface area contributed by atoms with E-state index in [9.17, 15) is 4.79 Å². The van der Waals surface area contributed by atoms with Gasteiger partial charge in [0.2, 0.25) is 0 Å². The summed E-state index contributed by atoms with van der Waals surface area (Å²) < 4.78 is 4.78. The Labute approximate surface area is 76.4 Å². The first kappa shape index (κ1) is 9.33. The van der Waals surface area contributed by atoms with Gasteiger partial charge in [-0.05, 0) is 6.07 Å². The van der Waals surface area contributed by atoms with Crippen molar-refractivity contribution < 1.29 is 9.21 Å². The molecule has 0 aliphatic heterocycles. The topological polar surface area (TPSA) is 57.2 Å². The second-order valence-corrected chi connectivity index (χ2v) is 2.65. The summed E-state index contributed by atoms with van der Waals surface area (Å²) >= 11 is 0. The largest absolute Gasteiger partial charge is 0.472 e. The molecule has 1 aromatic rings. The van der Waals surface area contributed by atoms with Crippen molar-refractivity contribution in [2.24, 2.45) is 0 Å². The maximum atomic E-state index is 11.5. The van der Waals surface area contributed by atoms with Gasteiger partial charge >= 0.3 is 0 Å². The van der Waals surface area contributed by atoms with Crippen LogP contribution in [-0.2, 0) is 0 Å². The van der Waals surface area contributed by atoms with Gasteiger partial charge in [-0.1, -0.05) is 0 Å². The number of amides is 1. The minimum absolute atomic E-state index is 0.121. The number of hydrogen-bond donors (Lipinski definition) is 0. The van der Waals surface area contributed by atoms with Gasteiger partial charge in [0, 0.05) is 13.6 Å². The first-order valence-electron chi connectivity index (χ1n) is 3.90. The van der Waals surface area contributed by atoms with Crippen LogP contribution >= 0.6 is 0 Å². The quantitative estimate of drug-likeness (QED) is 0.700. The molecule has 1 aromatic heterocycles. The van der Waals surface area contributed by atoms with Gasteiger partial charge < -0.3 is 9.32 Å². The van der Waals surface area contributed by atoms with Crippen molar-refractivity contribution in [2.75, 3.05) is 13.6 Å². The van der Waals surface area contributed by atoms with E-state index < -0.39 is 0 Å². The first-order chi connectivity index (χ1) is 6.25. The van der Waals surface area contributed by atoms with E-state index >= 15 is 0 Å². The van der Waals surface area contributed by atoms with Crippen molar-refractivity contribution in [1.82, 2.24) is 4.90 Å². The maximum absolute atomic E-state index is 11.5. The van der Waals surface area contributed by atoms with Crippen LogP contribution in [0.25, 0.3) is 0 Å². The predicted octanol–water partition coefficient (Wildman–Crippen LogP) is 1.27. The summed E-state index contributed by atoms with van der Waals surface area (Å²) in [5.74, 6) is -0.121. The summed E-state index contributed by atoms with van der Waals surface area (Å²) in [4.78, 5) is 13.0. The number of hydrogen-bond acceptors (Lipinski definition) is 3. The molecule has 1 rings (SSSR count). The molecule has 0 saturated heterocycles. The summed E-state index contributed by atoms with van der Waals surface area (Å²) in [6.07, 6.45) is 3.19. The lowest BCUT2D eigenvalue weighted by Crippen LogP contribution is -2.27. The van der Waals surface area contributed by atoms with Crippen LogP contribution in [0.2, 0.25) is 0 Å². The molecule has 0 atom stereocenters. The molecule has 0 aliphatic carbocycles. The third-order valence-corrected chi connectivity index (χ3v) is 1.67. The molecule has 4 nitrogen and oxygen atoms in total. The average molecular weight is 178 g/mol. The second kappa shape index (κ2) is 4.31. The zero-order valence-electron chi connectivity index (χ0n) is 7.36. The molecule has 68 valence electrons. The molecule has 0 saturated carbocycles. The first-order valence-corrected chi connectivity index (χ1v) is 3.90. The second-order valence-electron chi connectivity index (χ2n) is 2.65. The monoisotopic (exact) mass is 178 g/mol. The zero-order valence-corrected chi connectivity index (χ0v) is 7.36. The molecule has 0 radical (unpaired) electrons. The molecule has 4 heteroatoms. The van der Waals surface area contributed by atoms with Gasteiger partial charge in [0.15, 0.2) is 0 Å². The molecule has 0 aromatic carbocycles. The highest BCUT2D eigenvalue weighted by molar-refractivity contribution is 5.93. The molecule has 1 heterocycles. The molecule has 13 heavy (non-hydrogen) atoms. The van der Waals surface area contributed by atoms with E-state index in [1.54, 1.807) is 13.1 Å². The minimum Gasteiger partial charge on any atom is -0.472 e. The van der Waals surface area contributed by atoms with Crippen LogP contribution in [0.1, 0.15) is 16.8 Å². The van der Waals surface area contributed by atoms with Gasteiger partial charge in [0.05, 0.1) is 24.3 Å². The van der Waals surface area contributed by atoms with Crippen LogP contribution in [0.15, 0.2) is 23.0 Å². The Morgan fingerprint density at radius 1 is 1.77 bits per heavy atom. The minimum atomic E-state index is -0.121. The average Bonchev–Trinajstić information content (AvgIpc) is 2.65. The molecule has 0 fully saturated rings. The molecule has 0 N–H and O–H groups in total. The Kier molecular flexibility index (Phi) is 3.09. The lowest BCUT2D eigenvalue weighted by Gasteiger charge is -2.13. The third-order valence-electron chi connectivity index (χ3n) is 1.67. The molecular weight excluding hydrogens is 168 g/mol. The van der Waals surface area contributed by atoms with E-state index in [2.05, 4.69) is 0 Å². The van der Waals surface area contributed by atoms with Gasteiger partial charge in [-0.3, -0.25) is 4.79 Å². The molecule has 0 bridgehead atoms. The van der Waals surface area contributed by atoms with E-state index in [1.807, 2.05) is 6.07 Å². The van der Waals surface area contributed by atoms with Crippen LogP contribution in [0.3, 0.4) is 0 Å². The lowest BCUT2D eigenvalue weighted by molar-refractivity contribution is 0.0797. The van der Waals surface area contributed by atoms with Crippen LogP contribution in [-0.4, -0.2) is 24.4 Å². The fraction of sp³-hybridized carbons (Fsp3) is 0.333. The Morgan fingerprint density at radius 3 is 3.08 bits per heavy atom. The number of carbonyl (C=O) groups excluding carboxylic acids is 1. The molecule has 0 aliphatic rings. The highest BCUT2D eigenvalue weighted by Crippen LogP contribution is 2.03. The Hall–Kier alpha value is -1.76. The Bertz CT molecular complexity index is 311. The highest BCUT2D eigenvalue weighted by atomic mass is 16.3. The maximum Gasteiger partial charge on any atom is 0.256 e. The molecule has 0 spiro atoms. The van der Waals surface area contributed by atoms with Crippen molar-refractivity contribution in [1.29, 1.82) is 5.26 Å². The van der Waals surface area contributed by atoms with Gasteiger partial charge in [0.25, 0.3) is 5.91 Å². The van der Waals surface area contributed by atoms with Crippen molar-refractivity contribution in [3.05, 3.63) is 24.2 Å². The smallest absolute Gasteiger partial charge is 0.256 e. The van der Waals surface area contributed by atoms with E-state index in [1.165, 1.54) is 17.4 Å². The number of nitriles is 1. The summed E-state index contributed by atoms with van der Waals surface area (Å²) in [6.45, 7) is 0.445. The van der Waals surface area contributed by atoms with Crippen LogP contribution in [0, 0.1) is 11.3 Å². The number of furan rings is 1. The fourth-order valence-corrected chi connectivity index (χ4v) is 0.926. The van der Waals surface area contributed by atoms with Crippen LogP contribution in [0.5, 0.6) is 0 Å². The number of nitrogens with zero attached hydrogens (tertiary/aromatic N) is 2. The third kappa shape index (κ3) is 2.34. The van der Waals surface area contributed by atoms with Crippen molar-refractivity contribution in [2.45, 2.75) is 6.42 Å². The van der Waals surface area contributed by atoms with Crippen molar-refractivity contribution in [3.63, 3.8) is 0 Å². The normalized spacial score (nSPS) is 9.23. The van der Waals surface area contributed by atoms with Gasteiger partial charge in [-0.15, -0.1) is 0 Å². The summed E-state index contributed by atoms with van der Waals surface area (Å²) in [5.41, 5.74) is 0.514. The van der Waals surface area contributed by atoms with E-state index in [4.69, 9.17) is 9.68 Å². The van der Waals surface area contributed by atoms with Crippen molar-refractivity contribution in [3.8, 4) is 6.07 Å². The number of carbonyl (C=O) groups is 1. The molecule has 1 amide bonds. The summed E-state index contributed by atoms with van der Waals surface area (Å²) in [7, 11) is 1.66. The molecular formula is C9H10N2O2. The van der Waals surface area contributed by atoms with E-state index in [-0.39, 0.29) is 5.91 Å². The Balaban J connectivity index is 2.54. The predicted molar refractivity (Wildman–Crippen MR) is 45.9 cm³/mol. The SMILES string of the molecule is CN(CCC#N)C(=O)c1ccoc1. The van der Waals surface area contributed by atoms with Gasteiger partial charge in [0.1, 0.15) is 6.26 Å². The highest BCUT2D eigenvalue weighted by Gasteiger charge is 2.11. The van der Waals surface area contributed by atoms with E-state index in [0.29, 0.717) is 18.5 Å². The standard InChI is InChI=1S/C9H10N2O2/c1-11(5-2-4-10)9(12)8-3-6-13-7-8/h3,6-7H,2,5H2,1H3. The van der Waals surface area contributed by atoms with Gasteiger partial charge in [-0.25, -0.2) is 0 Å². The lowest BCUT2D eigenvalue weighted by atomic mass is 10.3. The number of rotatable bonds is 3. The fourth-order valence-electron chi connectivity index (χ4n) is 0.926. The zero-order chi connectivity index (χ0) is 9.68. The van der Waals surface area contributed by atoms with Crippen molar-refractivity contribution >= 4 is 5.91 Å². The summed E-state index contributed by atoms with van der Waals surface area (Å²) in [5, 5.41) is 8.32. The summed E-state index contributed by atoms with van der Waals surface area (Å²) in [6, 6.07) is 3.58.